The van der Waals surface area contributed by atoms with E-state index < -0.39 is 16.3 Å². The van der Waals surface area contributed by atoms with Crippen molar-refractivity contribution in [1.82, 2.24) is 9.21 Å². The number of ether oxygens (including phenoxy) is 1. The van der Waals surface area contributed by atoms with Gasteiger partial charge in [-0.2, -0.15) is 9.57 Å². The number of aliphatic hydroxyl groups excluding tert-OH is 1. The first-order valence-corrected chi connectivity index (χ1v) is 12.4. The van der Waals surface area contributed by atoms with Crippen LogP contribution >= 0.6 is 0 Å². The molecule has 7 nitrogen and oxygen atoms in total. The zero-order valence-electron chi connectivity index (χ0n) is 18.5. The minimum absolute atomic E-state index is 0.0105. The largest absolute Gasteiger partial charge is 0.456 e. The summed E-state index contributed by atoms with van der Waals surface area (Å²) in [7, 11) is -3.88. The second-order valence-electron chi connectivity index (χ2n) is 8.74. The van der Waals surface area contributed by atoms with Gasteiger partial charge in [0.05, 0.1) is 11.6 Å². The van der Waals surface area contributed by atoms with Crippen molar-refractivity contribution in [3.8, 4) is 17.6 Å². The summed E-state index contributed by atoms with van der Waals surface area (Å²) < 4.78 is 34.5. The predicted octanol–water partition coefficient (Wildman–Crippen LogP) is 3.39. The van der Waals surface area contributed by atoms with Crippen LogP contribution in [-0.4, -0.2) is 55.1 Å². The molecule has 170 valence electrons. The van der Waals surface area contributed by atoms with Gasteiger partial charge in [-0.05, 0) is 74.1 Å². The van der Waals surface area contributed by atoms with Crippen molar-refractivity contribution in [1.29, 1.82) is 5.26 Å². The Kier molecular flexibility index (Phi) is 6.54. The lowest BCUT2D eigenvalue weighted by molar-refractivity contribution is -0.0747. The highest BCUT2D eigenvalue weighted by Gasteiger charge is 2.36. The number of nitrogens with zero attached hydrogens (tertiary/aromatic N) is 3. The van der Waals surface area contributed by atoms with Crippen LogP contribution in [0.3, 0.4) is 0 Å². The molecule has 1 N–H and O–H groups in total. The fourth-order valence-corrected chi connectivity index (χ4v) is 5.93. The SMILES string of the molecule is Cc1cc(C)cc(Oc2ccc(C#N)cc2S(=O)(=O)N2CCN(C(O)C3CCC3)CC2)c1. The third kappa shape index (κ3) is 4.66. The van der Waals surface area contributed by atoms with Gasteiger partial charge in [0.25, 0.3) is 0 Å². The highest BCUT2D eigenvalue weighted by Crippen LogP contribution is 2.34. The summed E-state index contributed by atoms with van der Waals surface area (Å²) in [5, 5.41) is 19.9. The molecule has 2 aromatic carbocycles. The van der Waals surface area contributed by atoms with Crippen LogP contribution in [0.1, 0.15) is 36.0 Å². The Labute approximate surface area is 189 Å². The van der Waals surface area contributed by atoms with Crippen molar-refractivity contribution in [2.45, 2.75) is 44.2 Å². The molecule has 0 spiro atoms. The van der Waals surface area contributed by atoms with E-state index in [0.29, 0.717) is 24.8 Å². The molecule has 1 atom stereocenters. The number of rotatable bonds is 6. The molecule has 1 aliphatic carbocycles. The molecule has 4 rings (SSSR count). The predicted molar refractivity (Wildman–Crippen MR) is 121 cm³/mol. The van der Waals surface area contributed by atoms with Gasteiger partial charge in [0, 0.05) is 26.2 Å². The maximum Gasteiger partial charge on any atom is 0.246 e. The highest BCUT2D eigenvalue weighted by molar-refractivity contribution is 7.89. The molecular weight excluding hydrogens is 426 g/mol. The first-order chi connectivity index (χ1) is 15.3. The van der Waals surface area contributed by atoms with Gasteiger partial charge in [0.1, 0.15) is 22.6 Å². The maximum absolute atomic E-state index is 13.5. The van der Waals surface area contributed by atoms with Crippen molar-refractivity contribution >= 4 is 10.0 Å². The van der Waals surface area contributed by atoms with Crippen LogP contribution in [0, 0.1) is 31.1 Å². The summed E-state index contributed by atoms with van der Waals surface area (Å²) in [6, 6.07) is 12.2. The zero-order valence-corrected chi connectivity index (χ0v) is 19.3. The maximum atomic E-state index is 13.5. The molecule has 1 heterocycles. The summed E-state index contributed by atoms with van der Waals surface area (Å²) in [5.41, 5.74) is 2.29. The van der Waals surface area contributed by atoms with E-state index in [1.54, 1.807) is 12.1 Å². The standard InChI is InChI=1S/C24H29N3O4S/c1-17-12-18(2)14-21(13-17)31-22-7-6-19(16-25)15-23(22)32(29,30)27-10-8-26(9-11-27)24(28)20-4-3-5-20/h6-7,12-15,20,24,28H,3-5,8-11H2,1-2H3. The van der Waals surface area contributed by atoms with Crippen molar-refractivity contribution in [2.24, 2.45) is 5.92 Å². The van der Waals surface area contributed by atoms with Crippen molar-refractivity contribution in [3.05, 3.63) is 53.1 Å². The Hall–Kier alpha value is -2.44. The normalized spacial score (nSPS) is 19.2. The molecule has 0 amide bonds. The van der Waals surface area contributed by atoms with Crippen molar-refractivity contribution in [2.75, 3.05) is 26.2 Å². The molecule has 32 heavy (non-hydrogen) atoms. The molecule has 0 aromatic heterocycles. The molecule has 1 aliphatic heterocycles. The van der Waals surface area contributed by atoms with Gasteiger partial charge in [-0.1, -0.05) is 12.5 Å². The highest BCUT2D eigenvalue weighted by atomic mass is 32.2. The number of aliphatic hydroxyl groups is 1. The topological polar surface area (TPSA) is 93.9 Å². The molecule has 2 aliphatic rings. The summed E-state index contributed by atoms with van der Waals surface area (Å²) >= 11 is 0. The number of benzene rings is 2. The van der Waals surface area contributed by atoms with Crippen LogP contribution in [0.15, 0.2) is 41.3 Å². The number of hydrogen-bond donors (Lipinski definition) is 1. The van der Waals surface area contributed by atoms with Crippen LogP contribution in [0.25, 0.3) is 0 Å². The van der Waals surface area contributed by atoms with Gasteiger partial charge in [0.15, 0.2) is 0 Å². The van der Waals surface area contributed by atoms with E-state index in [0.717, 1.165) is 30.4 Å². The van der Waals surface area contributed by atoms with Crippen molar-refractivity contribution in [3.63, 3.8) is 0 Å². The second-order valence-corrected chi connectivity index (χ2v) is 10.6. The Bertz CT molecular complexity index is 1110. The van der Waals surface area contributed by atoms with Gasteiger partial charge in [-0.15, -0.1) is 0 Å². The summed E-state index contributed by atoms with van der Waals surface area (Å²) in [4.78, 5) is 1.96. The van der Waals surface area contributed by atoms with E-state index in [1.807, 2.05) is 43.0 Å². The molecule has 1 saturated carbocycles. The molecule has 8 heteroatoms. The quantitative estimate of drug-likeness (QED) is 0.718. The van der Waals surface area contributed by atoms with Crippen molar-refractivity contribution < 1.29 is 18.3 Å². The third-order valence-corrected chi connectivity index (χ3v) is 8.25. The summed E-state index contributed by atoms with van der Waals surface area (Å²) in [5.74, 6) is 1.05. The molecule has 1 unspecified atom stereocenters. The van der Waals surface area contributed by atoms with Crippen LogP contribution in [0.5, 0.6) is 11.5 Å². The van der Waals surface area contributed by atoms with Gasteiger partial charge in [-0.25, -0.2) is 8.42 Å². The molecule has 1 saturated heterocycles. The summed E-state index contributed by atoms with van der Waals surface area (Å²) in [6.45, 7) is 5.42. The summed E-state index contributed by atoms with van der Waals surface area (Å²) in [6.07, 6.45) is 2.70. The van der Waals surface area contributed by atoms with E-state index in [2.05, 4.69) is 0 Å². The fourth-order valence-electron chi connectivity index (χ4n) is 4.37. The molecule has 0 radical (unpaired) electrons. The first-order valence-electron chi connectivity index (χ1n) is 11.0. The Morgan fingerprint density at radius 3 is 2.28 bits per heavy atom. The van der Waals surface area contributed by atoms with Crippen LogP contribution < -0.4 is 4.74 Å². The Morgan fingerprint density at radius 1 is 1.06 bits per heavy atom. The minimum Gasteiger partial charge on any atom is -0.456 e. The van der Waals surface area contributed by atoms with Gasteiger partial charge >= 0.3 is 0 Å². The average molecular weight is 456 g/mol. The van der Waals surface area contributed by atoms with Gasteiger partial charge in [-0.3, -0.25) is 4.90 Å². The number of nitriles is 1. The van der Waals surface area contributed by atoms with Gasteiger partial charge < -0.3 is 9.84 Å². The Balaban J connectivity index is 1.57. The van der Waals surface area contributed by atoms with Crippen LogP contribution in [0.4, 0.5) is 0 Å². The lowest BCUT2D eigenvalue weighted by Crippen LogP contribution is -2.54. The minimum atomic E-state index is -3.88. The van der Waals surface area contributed by atoms with E-state index in [9.17, 15) is 18.8 Å². The third-order valence-electron chi connectivity index (χ3n) is 6.33. The first kappa shape index (κ1) is 22.7. The lowest BCUT2D eigenvalue weighted by Gasteiger charge is -2.41. The average Bonchev–Trinajstić information content (AvgIpc) is 2.72. The number of piperazine rings is 1. The Morgan fingerprint density at radius 2 is 1.72 bits per heavy atom. The van der Waals surface area contributed by atoms with Gasteiger partial charge in [0.2, 0.25) is 10.0 Å². The van der Waals surface area contributed by atoms with Crippen LogP contribution in [0.2, 0.25) is 0 Å². The van der Waals surface area contributed by atoms with E-state index >= 15 is 0 Å². The monoisotopic (exact) mass is 455 g/mol. The van der Waals surface area contributed by atoms with E-state index in [-0.39, 0.29) is 29.3 Å². The zero-order chi connectivity index (χ0) is 22.9. The number of aryl methyl sites for hydroxylation is 2. The van der Waals surface area contributed by atoms with Crippen LogP contribution in [-0.2, 0) is 10.0 Å². The van der Waals surface area contributed by atoms with E-state index in [1.165, 1.54) is 10.4 Å². The lowest BCUT2D eigenvalue weighted by atomic mass is 9.83. The molecule has 0 bridgehead atoms. The number of sulfonamides is 1. The molecule has 2 fully saturated rings. The smallest absolute Gasteiger partial charge is 0.246 e. The van der Waals surface area contributed by atoms with E-state index in [4.69, 9.17) is 4.74 Å². The fraction of sp³-hybridized carbons (Fsp3) is 0.458. The second kappa shape index (κ2) is 9.20. The number of hydrogen-bond acceptors (Lipinski definition) is 6. The molecular formula is C24H29N3O4S. The molecule has 2 aromatic rings.